The maximum atomic E-state index is 13.3. The minimum Gasteiger partial charge on any atom is -0.327 e. The highest BCUT2D eigenvalue weighted by Gasteiger charge is 2.46. The molecular formula is C23H25N3O5S. The number of nitrogens with two attached hydrogens (primary N) is 1. The molecule has 32 heavy (non-hydrogen) atoms. The summed E-state index contributed by atoms with van der Waals surface area (Å²) in [4.78, 5) is 42.0. The van der Waals surface area contributed by atoms with Crippen molar-refractivity contribution in [3.05, 3.63) is 60.2 Å². The van der Waals surface area contributed by atoms with E-state index in [0.717, 1.165) is 36.1 Å². The highest BCUT2D eigenvalue weighted by molar-refractivity contribution is 7.89. The van der Waals surface area contributed by atoms with Crippen molar-refractivity contribution in [2.24, 2.45) is 5.14 Å². The van der Waals surface area contributed by atoms with Gasteiger partial charge in [0.2, 0.25) is 21.8 Å². The smallest absolute Gasteiger partial charge is 0.257 e. The summed E-state index contributed by atoms with van der Waals surface area (Å²) in [5, 5.41) is 5.12. The SMILES string of the molecule is NS(=O)(=O)c1ccc(N2C(=O)CC(N(C(=O)Cc3ccccc3)C3CCCC3)C2=O)cc1. The molecule has 1 atom stereocenters. The van der Waals surface area contributed by atoms with Crippen LogP contribution in [0.1, 0.15) is 37.7 Å². The largest absolute Gasteiger partial charge is 0.327 e. The lowest BCUT2D eigenvalue weighted by molar-refractivity contribution is -0.140. The van der Waals surface area contributed by atoms with E-state index in [4.69, 9.17) is 5.14 Å². The minimum atomic E-state index is -3.89. The Kier molecular flexibility index (Phi) is 6.12. The lowest BCUT2D eigenvalue weighted by Crippen LogP contribution is -2.50. The molecule has 1 saturated carbocycles. The van der Waals surface area contributed by atoms with Crippen molar-refractivity contribution in [3.63, 3.8) is 0 Å². The monoisotopic (exact) mass is 455 g/mol. The number of rotatable bonds is 6. The van der Waals surface area contributed by atoms with Crippen LogP contribution in [0.4, 0.5) is 5.69 Å². The maximum absolute atomic E-state index is 13.3. The third-order valence-corrected chi connectivity index (χ3v) is 7.02. The molecule has 1 aliphatic carbocycles. The summed E-state index contributed by atoms with van der Waals surface area (Å²) in [5.41, 5.74) is 1.12. The molecule has 1 saturated heterocycles. The van der Waals surface area contributed by atoms with Gasteiger partial charge in [0.05, 0.1) is 23.4 Å². The topological polar surface area (TPSA) is 118 Å². The van der Waals surface area contributed by atoms with Gasteiger partial charge in [-0.15, -0.1) is 0 Å². The van der Waals surface area contributed by atoms with E-state index in [2.05, 4.69) is 0 Å². The van der Waals surface area contributed by atoms with Gasteiger partial charge in [-0.05, 0) is 42.7 Å². The van der Waals surface area contributed by atoms with Crippen molar-refractivity contribution in [3.8, 4) is 0 Å². The Hall–Kier alpha value is -3.04. The van der Waals surface area contributed by atoms with Crippen molar-refractivity contribution in [1.82, 2.24) is 4.90 Å². The van der Waals surface area contributed by atoms with Crippen LogP contribution in [0.2, 0.25) is 0 Å². The summed E-state index contributed by atoms with van der Waals surface area (Å²) in [6.07, 6.45) is 3.65. The Morgan fingerprint density at radius 3 is 2.22 bits per heavy atom. The Morgan fingerprint density at radius 1 is 1.00 bits per heavy atom. The van der Waals surface area contributed by atoms with E-state index in [0.29, 0.717) is 0 Å². The maximum Gasteiger partial charge on any atom is 0.257 e. The zero-order valence-corrected chi connectivity index (χ0v) is 18.3. The summed E-state index contributed by atoms with van der Waals surface area (Å²) < 4.78 is 23.0. The van der Waals surface area contributed by atoms with Crippen LogP contribution in [-0.2, 0) is 30.8 Å². The van der Waals surface area contributed by atoms with Crippen LogP contribution in [0.5, 0.6) is 0 Å². The molecule has 8 nitrogen and oxygen atoms in total. The van der Waals surface area contributed by atoms with Crippen LogP contribution < -0.4 is 10.0 Å². The van der Waals surface area contributed by atoms with Crippen molar-refractivity contribution >= 4 is 33.4 Å². The van der Waals surface area contributed by atoms with E-state index in [1.165, 1.54) is 24.3 Å². The average Bonchev–Trinajstić information content (AvgIpc) is 3.37. The van der Waals surface area contributed by atoms with E-state index in [-0.39, 0.29) is 35.4 Å². The van der Waals surface area contributed by atoms with Gasteiger partial charge >= 0.3 is 0 Å². The number of imide groups is 1. The van der Waals surface area contributed by atoms with Gasteiger partial charge in [-0.2, -0.15) is 0 Å². The molecule has 2 aromatic rings. The zero-order chi connectivity index (χ0) is 22.9. The van der Waals surface area contributed by atoms with Crippen LogP contribution in [0, 0.1) is 0 Å². The Labute approximate surface area is 187 Å². The Bertz CT molecular complexity index is 1130. The number of hydrogen-bond acceptors (Lipinski definition) is 5. The fourth-order valence-corrected chi connectivity index (χ4v) is 5.08. The lowest BCUT2D eigenvalue weighted by atomic mass is 10.1. The number of carbonyl (C=O) groups excluding carboxylic acids is 3. The standard InChI is InChI=1S/C23H25N3O5S/c24-32(30,31)19-12-10-18(11-13-19)26-22(28)15-20(23(26)29)25(17-8-4-5-9-17)21(27)14-16-6-2-1-3-7-16/h1-3,6-7,10-13,17,20H,4-5,8-9,14-15H2,(H2,24,30,31). The van der Waals surface area contributed by atoms with Gasteiger partial charge in [0, 0.05) is 6.04 Å². The fraction of sp³-hybridized carbons (Fsp3) is 0.348. The van der Waals surface area contributed by atoms with Crippen LogP contribution in [0.15, 0.2) is 59.5 Å². The molecule has 0 aromatic heterocycles. The van der Waals surface area contributed by atoms with Gasteiger partial charge in [-0.3, -0.25) is 14.4 Å². The van der Waals surface area contributed by atoms with E-state index in [9.17, 15) is 22.8 Å². The van der Waals surface area contributed by atoms with E-state index in [1.807, 2.05) is 30.3 Å². The van der Waals surface area contributed by atoms with Gasteiger partial charge in [-0.25, -0.2) is 18.5 Å². The summed E-state index contributed by atoms with van der Waals surface area (Å²) in [7, 11) is -3.89. The fourth-order valence-electron chi connectivity index (χ4n) is 4.57. The Morgan fingerprint density at radius 2 is 1.62 bits per heavy atom. The summed E-state index contributed by atoms with van der Waals surface area (Å²) in [6, 6.07) is 13.7. The highest BCUT2D eigenvalue weighted by atomic mass is 32.2. The second kappa shape index (κ2) is 8.84. The quantitative estimate of drug-likeness (QED) is 0.668. The first-order valence-electron chi connectivity index (χ1n) is 10.6. The number of amides is 3. The zero-order valence-electron chi connectivity index (χ0n) is 17.5. The number of sulfonamides is 1. The molecule has 2 fully saturated rings. The van der Waals surface area contributed by atoms with Crippen molar-refractivity contribution in [2.45, 2.75) is 55.5 Å². The summed E-state index contributed by atoms with van der Waals surface area (Å²) in [6.45, 7) is 0. The first kappa shape index (κ1) is 22.2. The van der Waals surface area contributed by atoms with Gasteiger partial charge in [0.15, 0.2) is 0 Å². The minimum absolute atomic E-state index is 0.0716. The predicted octanol–water partition coefficient (Wildman–Crippen LogP) is 1.98. The number of anilines is 1. The van der Waals surface area contributed by atoms with Gasteiger partial charge in [0.25, 0.3) is 5.91 Å². The molecule has 2 aliphatic rings. The van der Waals surface area contributed by atoms with Gasteiger partial charge < -0.3 is 4.90 Å². The van der Waals surface area contributed by atoms with Crippen LogP contribution in [0.3, 0.4) is 0 Å². The van der Waals surface area contributed by atoms with Crippen molar-refractivity contribution in [1.29, 1.82) is 0 Å². The summed E-state index contributed by atoms with van der Waals surface area (Å²) in [5.74, 6) is -1.05. The molecule has 0 radical (unpaired) electrons. The summed E-state index contributed by atoms with van der Waals surface area (Å²) >= 11 is 0. The van der Waals surface area contributed by atoms with E-state index in [1.54, 1.807) is 4.90 Å². The molecule has 168 valence electrons. The molecule has 0 spiro atoms. The van der Waals surface area contributed by atoms with Crippen LogP contribution >= 0.6 is 0 Å². The molecule has 0 bridgehead atoms. The number of hydrogen-bond donors (Lipinski definition) is 1. The lowest BCUT2D eigenvalue weighted by Gasteiger charge is -2.33. The normalized spacial score (nSPS) is 19.5. The van der Waals surface area contributed by atoms with Crippen molar-refractivity contribution in [2.75, 3.05) is 4.90 Å². The third-order valence-electron chi connectivity index (χ3n) is 6.09. The molecule has 3 amide bonds. The molecule has 1 heterocycles. The second-order valence-corrected chi connectivity index (χ2v) is 9.79. The Balaban J connectivity index is 1.60. The van der Waals surface area contributed by atoms with E-state index >= 15 is 0 Å². The molecule has 2 aromatic carbocycles. The first-order valence-corrected chi connectivity index (χ1v) is 12.1. The number of primary sulfonamides is 1. The van der Waals surface area contributed by atoms with Crippen molar-refractivity contribution < 1.29 is 22.8 Å². The number of benzene rings is 2. The number of carbonyl (C=O) groups is 3. The van der Waals surface area contributed by atoms with E-state index < -0.39 is 27.9 Å². The first-order chi connectivity index (χ1) is 15.3. The molecular weight excluding hydrogens is 430 g/mol. The third kappa shape index (κ3) is 4.44. The van der Waals surface area contributed by atoms with Gasteiger partial charge in [-0.1, -0.05) is 43.2 Å². The molecule has 2 N–H and O–H groups in total. The van der Waals surface area contributed by atoms with Crippen LogP contribution in [-0.4, -0.2) is 43.1 Å². The highest BCUT2D eigenvalue weighted by Crippen LogP contribution is 2.32. The predicted molar refractivity (Wildman–Crippen MR) is 118 cm³/mol. The van der Waals surface area contributed by atoms with Gasteiger partial charge in [0.1, 0.15) is 6.04 Å². The number of nitrogens with zero attached hydrogens (tertiary/aromatic N) is 2. The molecule has 4 rings (SSSR count). The molecule has 1 aliphatic heterocycles. The molecule has 1 unspecified atom stereocenters. The average molecular weight is 456 g/mol. The van der Waals surface area contributed by atoms with Crippen LogP contribution in [0.25, 0.3) is 0 Å². The second-order valence-electron chi connectivity index (χ2n) is 8.23. The molecule has 9 heteroatoms.